The highest BCUT2D eigenvalue weighted by molar-refractivity contribution is 6.05. The maximum absolute atomic E-state index is 12.2. The Hall–Kier alpha value is -2.56. The number of fused-ring (bicyclic) bond motifs is 1. The Balaban J connectivity index is 1.95. The fraction of sp³-hybridized carbons (Fsp3) is 0.200. The molecule has 0 saturated carbocycles. The first-order valence-corrected chi connectivity index (χ1v) is 6.56. The van der Waals surface area contributed by atoms with Crippen LogP contribution in [-0.4, -0.2) is 20.4 Å². The number of aromatic nitrogens is 3. The van der Waals surface area contributed by atoms with Crippen LogP contribution in [0, 0.1) is 0 Å². The summed E-state index contributed by atoms with van der Waals surface area (Å²) in [6, 6.07) is 8.11. The smallest absolute Gasteiger partial charge is 0.258 e. The summed E-state index contributed by atoms with van der Waals surface area (Å²) >= 11 is 0. The van der Waals surface area contributed by atoms with Gasteiger partial charge in [-0.25, -0.2) is 4.98 Å². The Bertz CT molecular complexity index is 740. The van der Waals surface area contributed by atoms with Crippen LogP contribution in [0.1, 0.15) is 30.2 Å². The summed E-state index contributed by atoms with van der Waals surface area (Å²) in [6.07, 6.45) is 5.31. The second-order valence-electron chi connectivity index (χ2n) is 4.98. The number of hydrogen-bond acceptors (Lipinski definition) is 2. The summed E-state index contributed by atoms with van der Waals surface area (Å²) in [5.74, 6) is 0.285. The molecule has 1 amide bonds. The molecule has 0 saturated heterocycles. The first-order valence-electron chi connectivity index (χ1n) is 6.56. The molecule has 5 heteroatoms. The number of carbonyl (C=O) groups excluding carboxylic acids is 1. The minimum atomic E-state index is -0.168. The van der Waals surface area contributed by atoms with E-state index in [1.807, 2.05) is 24.4 Å². The Morgan fingerprint density at radius 2 is 2.20 bits per heavy atom. The standard InChI is InChI=1S/C15H16N4O/c1-10(2)19-8-5-11-3-4-12(9-13(11)19)14(20)18-15-16-6-7-17-15/h3-10H,1-2H3,(H2,16,17,18,20). The number of hydrogen-bond donors (Lipinski definition) is 2. The van der Waals surface area contributed by atoms with E-state index in [1.165, 1.54) is 0 Å². The predicted molar refractivity (Wildman–Crippen MR) is 78.9 cm³/mol. The summed E-state index contributed by atoms with van der Waals surface area (Å²) < 4.78 is 2.15. The van der Waals surface area contributed by atoms with Crippen molar-refractivity contribution in [1.29, 1.82) is 0 Å². The van der Waals surface area contributed by atoms with Gasteiger partial charge < -0.3 is 9.55 Å². The maximum atomic E-state index is 12.2. The van der Waals surface area contributed by atoms with E-state index in [2.05, 4.69) is 39.8 Å². The van der Waals surface area contributed by atoms with E-state index in [0.29, 0.717) is 17.6 Å². The van der Waals surface area contributed by atoms with Crippen LogP contribution in [-0.2, 0) is 0 Å². The van der Waals surface area contributed by atoms with Gasteiger partial charge in [0.1, 0.15) is 0 Å². The van der Waals surface area contributed by atoms with Crippen LogP contribution in [0.2, 0.25) is 0 Å². The van der Waals surface area contributed by atoms with Crippen molar-refractivity contribution in [3.05, 3.63) is 48.4 Å². The van der Waals surface area contributed by atoms with Gasteiger partial charge in [-0.05, 0) is 37.4 Å². The molecule has 0 fully saturated rings. The van der Waals surface area contributed by atoms with Gasteiger partial charge in [0.15, 0.2) is 0 Å². The second-order valence-corrected chi connectivity index (χ2v) is 4.98. The molecule has 0 aliphatic heterocycles. The zero-order valence-corrected chi connectivity index (χ0v) is 11.4. The molecule has 5 nitrogen and oxygen atoms in total. The molecule has 20 heavy (non-hydrogen) atoms. The largest absolute Gasteiger partial charge is 0.345 e. The molecule has 3 aromatic rings. The van der Waals surface area contributed by atoms with Gasteiger partial charge in [0.2, 0.25) is 5.95 Å². The summed E-state index contributed by atoms with van der Waals surface area (Å²) in [7, 11) is 0. The zero-order chi connectivity index (χ0) is 14.1. The molecular formula is C15H16N4O. The Morgan fingerprint density at radius 1 is 1.35 bits per heavy atom. The third-order valence-electron chi connectivity index (χ3n) is 3.27. The van der Waals surface area contributed by atoms with E-state index in [-0.39, 0.29) is 5.91 Å². The number of H-pyrrole nitrogens is 1. The lowest BCUT2D eigenvalue weighted by molar-refractivity contribution is 0.102. The molecule has 0 bridgehead atoms. The van der Waals surface area contributed by atoms with Gasteiger partial charge in [0.25, 0.3) is 5.91 Å². The lowest BCUT2D eigenvalue weighted by atomic mass is 10.1. The van der Waals surface area contributed by atoms with E-state index >= 15 is 0 Å². The number of amides is 1. The summed E-state index contributed by atoms with van der Waals surface area (Å²) in [5, 5.41) is 3.86. The van der Waals surface area contributed by atoms with Gasteiger partial charge >= 0.3 is 0 Å². The average Bonchev–Trinajstić information content (AvgIpc) is 3.06. The Labute approximate surface area is 116 Å². The summed E-state index contributed by atoms with van der Waals surface area (Å²) in [6.45, 7) is 4.24. The van der Waals surface area contributed by atoms with Gasteiger partial charge in [0.05, 0.1) is 0 Å². The van der Waals surface area contributed by atoms with Crippen LogP contribution in [0.4, 0.5) is 5.95 Å². The number of anilines is 1. The van der Waals surface area contributed by atoms with E-state index in [9.17, 15) is 4.79 Å². The van der Waals surface area contributed by atoms with Crippen LogP contribution in [0.25, 0.3) is 10.9 Å². The van der Waals surface area contributed by atoms with Gasteiger partial charge in [-0.15, -0.1) is 0 Å². The maximum Gasteiger partial charge on any atom is 0.258 e. The molecule has 102 valence electrons. The lowest BCUT2D eigenvalue weighted by Crippen LogP contribution is -2.13. The molecular weight excluding hydrogens is 252 g/mol. The number of nitrogens with zero attached hydrogens (tertiary/aromatic N) is 2. The molecule has 0 unspecified atom stereocenters. The highest BCUT2D eigenvalue weighted by Crippen LogP contribution is 2.21. The van der Waals surface area contributed by atoms with Crippen molar-refractivity contribution >= 4 is 22.8 Å². The molecule has 2 aromatic heterocycles. The molecule has 0 aliphatic carbocycles. The molecule has 1 aromatic carbocycles. The van der Waals surface area contributed by atoms with Crippen LogP contribution in [0.5, 0.6) is 0 Å². The quantitative estimate of drug-likeness (QED) is 0.766. The van der Waals surface area contributed by atoms with Gasteiger partial charge in [-0.3, -0.25) is 10.1 Å². The van der Waals surface area contributed by atoms with Gasteiger partial charge in [-0.2, -0.15) is 0 Å². The Kier molecular flexibility index (Phi) is 3.02. The lowest BCUT2D eigenvalue weighted by Gasteiger charge is -2.10. The third kappa shape index (κ3) is 2.18. The highest BCUT2D eigenvalue weighted by atomic mass is 16.1. The van der Waals surface area contributed by atoms with Gasteiger partial charge in [0, 0.05) is 35.7 Å². The number of nitrogens with one attached hydrogen (secondary N) is 2. The van der Waals surface area contributed by atoms with Crippen molar-refractivity contribution < 1.29 is 4.79 Å². The minimum absolute atomic E-state index is 0.168. The number of imidazole rings is 1. The van der Waals surface area contributed by atoms with Crippen molar-refractivity contribution in [3.63, 3.8) is 0 Å². The van der Waals surface area contributed by atoms with Crippen LogP contribution in [0.15, 0.2) is 42.9 Å². The van der Waals surface area contributed by atoms with E-state index in [1.54, 1.807) is 12.4 Å². The molecule has 3 rings (SSSR count). The number of rotatable bonds is 3. The van der Waals surface area contributed by atoms with Crippen LogP contribution in [0.3, 0.4) is 0 Å². The highest BCUT2D eigenvalue weighted by Gasteiger charge is 2.10. The fourth-order valence-electron chi connectivity index (χ4n) is 2.25. The summed E-state index contributed by atoms with van der Waals surface area (Å²) in [5.41, 5.74) is 1.68. The first kappa shape index (κ1) is 12.5. The third-order valence-corrected chi connectivity index (χ3v) is 3.27. The molecule has 0 aliphatic rings. The molecule has 2 heterocycles. The topological polar surface area (TPSA) is 62.7 Å². The number of benzene rings is 1. The molecule has 0 atom stereocenters. The number of aromatic amines is 1. The van der Waals surface area contributed by atoms with Crippen molar-refractivity contribution in [2.24, 2.45) is 0 Å². The SMILES string of the molecule is CC(C)n1ccc2ccc(C(=O)Nc3ncc[nH]3)cc21. The monoisotopic (exact) mass is 268 g/mol. The fourth-order valence-corrected chi connectivity index (χ4v) is 2.25. The second kappa shape index (κ2) is 4.85. The molecule has 0 spiro atoms. The average molecular weight is 268 g/mol. The Morgan fingerprint density at radius 3 is 2.90 bits per heavy atom. The van der Waals surface area contributed by atoms with E-state index in [4.69, 9.17) is 0 Å². The van der Waals surface area contributed by atoms with Crippen molar-refractivity contribution in [1.82, 2.24) is 14.5 Å². The molecule has 2 N–H and O–H groups in total. The van der Waals surface area contributed by atoms with E-state index in [0.717, 1.165) is 10.9 Å². The van der Waals surface area contributed by atoms with Crippen LogP contribution >= 0.6 is 0 Å². The van der Waals surface area contributed by atoms with Crippen molar-refractivity contribution in [3.8, 4) is 0 Å². The predicted octanol–water partition coefficient (Wildman–Crippen LogP) is 3.20. The van der Waals surface area contributed by atoms with E-state index < -0.39 is 0 Å². The van der Waals surface area contributed by atoms with Crippen LogP contribution < -0.4 is 5.32 Å². The summed E-state index contributed by atoms with van der Waals surface area (Å²) in [4.78, 5) is 19.0. The minimum Gasteiger partial charge on any atom is -0.345 e. The van der Waals surface area contributed by atoms with Gasteiger partial charge in [-0.1, -0.05) is 6.07 Å². The zero-order valence-electron chi connectivity index (χ0n) is 11.4. The normalized spacial score (nSPS) is 11.2. The van der Waals surface area contributed by atoms with Crippen molar-refractivity contribution in [2.75, 3.05) is 5.32 Å². The number of carbonyl (C=O) groups is 1. The molecule has 0 radical (unpaired) electrons. The van der Waals surface area contributed by atoms with Crippen molar-refractivity contribution in [2.45, 2.75) is 19.9 Å². The first-order chi connectivity index (χ1) is 9.65.